The van der Waals surface area contributed by atoms with Crippen LogP contribution in [0.4, 0.5) is 0 Å². The summed E-state index contributed by atoms with van der Waals surface area (Å²) in [5, 5.41) is 0. The topological polar surface area (TPSA) is 58.1 Å². The average molecular weight is 205 g/mol. The van der Waals surface area contributed by atoms with Gasteiger partial charge in [-0.25, -0.2) is 4.98 Å². The van der Waals surface area contributed by atoms with E-state index in [0.717, 1.165) is 6.42 Å². The number of hydrogen-bond donors (Lipinski definition) is 1. The van der Waals surface area contributed by atoms with Crippen molar-refractivity contribution in [2.75, 3.05) is 0 Å². The number of aromatic nitrogens is 2. The van der Waals surface area contributed by atoms with Crippen LogP contribution < -0.4 is 5.56 Å². The van der Waals surface area contributed by atoms with E-state index in [1.807, 2.05) is 6.92 Å². The molecule has 0 amide bonds. The third-order valence-electron chi connectivity index (χ3n) is 2.17. The quantitative estimate of drug-likeness (QED) is 0.765. The molecule has 1 heterocycles. The molecule has 1 rings (SSSR count). The SMILES string of the molecule is CC/C(C)=C/N=C\c1nc[nH]c(=O)c1C. The van der Waals surface area contributed by atoms with E-state index in [1.165, 1.54) is 11.9 Å². The van der Waals surface area contributed by atoms with Crippen molar-refractivity contribution >= 4 is 6.21 Å². The van der Waals surface area contributed by atoms with Crippen molar-refractivity contribution in [1.82, 2.24) is 9.97 Å². The minimum absolute atomic E-state index is 0.123. The lowest BCUT2D eigenvalue weighted by atomic mass is 10.2. The lowest BCUT2D eigenvalue weighted by Gasteiger charge is -1.95. The second kappa shape index (κ2) is 5.24. The number of H-pyrrole nitrogens is 1. The Balaban J connectivity index is 2.91. The van der Waals surface area contributed by atoms with Gasteiger partial charge in [-0.15, -0.1) is 0 Å². The van der Waals surface area contributed by atoms with Crippen molar-refractivity contribution in [2.45, 2.75) is 27.2 Å². The standard InChI is InChI=1S/C11H15N3O/c1-4-8(2)5-12-6-10-9(3)11(15)14-7-13-10/h5-7H,4H2,1-3H3,(H,13,14,15)/b8-5+,12-6-. The summed E-state index contributed by atoms with van der Waals surface area (Å²) in [5.41, 5.74) is 2.26. The maximum absolute atomic E-state index is 11.2. The molecule has 1 aromatic heterocycles. The van der Waals surface area contributed by atoms with Crippen LogP contribution in [-0.2, 0) is 0 Å². The maximum Gasteiger partial charge on any atom is 0.254 e. The number of allylic oxidation sites excluding steroid dienone is 1. The first kappa shape index (κ1) is 11.4. The molecule has 0 aliphatic rings. The Morgan fingerprint density at radius 3 is 3.07 bits per heavy atom. The molecule has 0 aliphatic heterocycles. The van der Waals surface area contributed by atoms with Gasteiger partial charge in [0.1, 0.15) is 0 Å². The van der Waals surface area contributed by atoms with Crippen LogP contribution in [0.1, 0.15) is 31.5 Å². The molecule has 0 radical (unpaired) electrons. The summed E-state index contributed by atoms with van der Waals surface area (Å²) in [5.74, 6) is 0. The second-order valence-corrected chi connectivity index (χ2v) is 3.35. The van der Waals surface area contributed by atoms with Gasteiger partial charge >= 0.3 is 0 Å². The van der Waals surface area contributed by atoms with Crippen LogP contribution in [0.3, 0.4) is 0 Å². The number of nitrogens with one attached hydrogen (secondary N) is 1. The number of hydrogen-bond acceptors (Lipinski definition) is 3. The molecule has 0 unspecified atom stereocenters. The van der Waals surface area contributed by atoms with Crippen LogP contribution in [0.2, 0.25) is 0 Å². The van der Waals surface area contributed by atoms with Crippen molar-refractivity contribution in [3.05, 3.63) is 39.7 Å². The molecular formula is C11H15N3O. The summed E-state index contributed by atoms with van der Waals surface area (Å²) < 4.78 is 0. The highest BCUT2D eigenvalue weighted by molar-refractivity contribution is 5.79. The zero-order valence-electron chi connectivity index (χ0n) is 9.24. The molecular weight excluding hydrogens is 190 g/mol. The highest BCUT2D eigenvalue weighted by Crippen LogP contribution is 1.98. The lowest BCUT2D eigenvalue weighted by Crippen LogP contribution is -2.12. The van der Waals surface area contributed by atoms with Gasteiger partial charge in [0.15, 0.2) is 0 Å². The number of nitrogens with zero attached hydrogens (tertiary/aromatic N) is 2. The van der Waals surface area contributed by atoms with E-state index in [-0.39, 0.29) is 5.56 Å². The van der Waals surface area contributed by atoms with Crippen molar-refractivity contribution in [3.63, 3.8) is 0 Å². The van der Waals surface area contributed by atoms with Gasteiger partial charge in [-0.2, -0.15) is 0 Å². The number of aromatic amines is 1. The van der Waals surface area contributed by atoms with Gasteiger partial charge in [0, 0.05) is 11.8 Å². The summed E-state index contributed by atoms with van der Waals surface area (Å²) in [7, 11) is 0. The largest absolute Gasteiger partial charge is 0.313 e. The molecule has 4 nitrogen and oxygen atoms in total. The molecule has 4 heteroatoms. The van der Waals surface area contributed by atoms with E-state index in [4.69, 9.17) is 0 Å². The predicted octanol–water partition coefficient (Wildman–Crippen LogP) is 1.81. The van der Waals surface area contributed by atoms with Crippen LogP contribution in [0.15, 0.2) is 27.9 Å². The summed E-state index contributed by atoms with van der Waals surface area (Å²) >= 11 is 0. The first-order chi connectivity index (χ1) is 7.15. The second-order valence-electron chi connectivity index (χ2n) is 3.35. The molecule has 0 saturated heterocycles. The van der Waals surface area contributed by atoms with Crippen molar-refractivity contribution < 1.29 is 0 Å². The molecule has 0 spiro atoms. The zero-order chi connectivity index (χ0) is 11.3. The minimum Gasteiger partial charge on any atom is -0.313 e. The van der Waals surface area contributed by atoms with E-state index >= 15 is 0 Å². The highest BCUT2D eigenvalue weighted by Gasteiger charge is 1.98. The fourth-order valence-corrected chi connectivity index (χ4v) is 0.938. The number of rotatable bonds is 3. The van der Waals surface area contributed by atoms with Gasteiger partial charge in [-0.05, 0) is 20.3 Å². The Labute approximate surface area is 88.8 Å². The van der Waals surface area contributed by atoms with Crippen LogP contribution >= 0.6 is 0 Å². The Kier molecular flexibility index (Phi) is 3.97. The van der Waals surface area contributed by atoms with Gasteiger partial charge in [0.25, 0.3) is 5.56 Å². The molecule has 0 bridgehead atoms. The summed E-state index contributed by atoms with van der Waals surface area (Å²) in [6, 6.07) is 0. The monoisotopic (exact) mass is 205 g/mol. The van der Waals surface area contributed by atoms with Crippen LogP contribution in [0.25, 0.3) is 0 Å². The third-order valence-corrected chi connectivity index (χ3v) is 2.17. The van der Waals surface area contributed by atoms with Gasteiger partial charge in [0.05, 0.1) is 18.2 Å². The van der Waals surface area contributed by atoms with Crippen molar-refractivity contribution in [2.24, 2.45) is 4.99 Å². The molecule has 0 aromatic carbocycles. The average Bonchev–Trinajstić information content (AvgIpc) is 2.24. The maximum atomic E-state index is 11.2. The molecule has 0 fully saturated rings. The van der Waals surface area contributed by atoms with E-state index in [9.17, 15) is 4.79 Å². The minimum atomic E-state index is -0.123. The first-order valence-corrected chi connectivity index (χ1v) is 4.88. The fraction of sp³-hybridized carbons (Fsp3) is 0.364. The molecule has 15 heavy (non-hydrogen) atoms. The predicted molar refractivity (Wildman–Crippen MR) is 61.2 cm³/mol. The van der Waals surface area contributed by atoms with Crippen molar-refractivity contribution in [1.29, 1.82) is 0 Å². The number of aliphatic imine (C=N–C) groups is 1. The molecule has 80 valence electrons. The van der Waals surface area contributed by atoms with Crippen LogP contribution in [-0.4, -0.2) is 16.2 Å². The van der Waals surface area contributed by atoms with E-state index in [0.29, 0.717) is 11.3 Å². The summed E-state index contributed by atoms with van der Waals surface area (Å²) in [4.78, 5) is 21.9. The lowest BCUT2D eigenvalue weighted by molar-refractivity contribution is 1.06. The zero-order valence-corrected chi connectivity index (χ0v) is 9.24. The van der Waals surface area contributed by atoms with Gasteiger partial charge in [-0.1, -0.05) is 12.5 Å². The Bertz CT molecular complexity index is 443. The van der Waals surface area contributed by atoms with E-state index < -0.39 is 0 Å². The third kappa shape index (κ3) is 3.16. The normalized spacial score (nSPS) is 12.3. The van der Waals surface area contributed by atoms with E-state index in [1.54, 1.807) is 19.3 Å². The summed E-state index contributed by atoms with van der Waals surface area (Å²) in [6.45, 7) is 5.80. The van der Waals surface area contributed by atoms with Crippen molar-refractivity contribution in [3.8, 4) is 0 Å². The Morgan fingerprint density at radius 1 is 1.67 bits per heavy atom. The van der Waals surface area contributed by atoms with Gasteiger partial charge in [-0.3, -0.25) is 9.79 Å². The molecule has 0 atom stereocenters. The Hall–Kier alpha value is -1.71. The highest BCUT2D eigenvalue weighted by atomic mass is 16.1. The van der Waals surface area contributed by atoms with Gasteiger partial charge < -0.3 is 4.98 Å². The Morgan fingerprint density at radius 2 is 2.40 bits per heavy atom. The molecule has 1 N–H and O–H groups in total. The molecule has 1 aromatic rings. The molecule has 0 saturated carbocycles. The van der Waals surface area contributed by atoms with Crippen LogP contribution in [0, 0.1) is 6.92 Å². The molecule has 0 aliphatic carbocycles. The van der Waals surface area contributed by atoms with Crippen LogP contribution in [0.5, 0.6) is 0 Å². The van der Waals surface area contributed by atoms with Gasteiger partial charge in [0.2, 0.25) is 0 Å². The fourth-order valence-electron chi connectivity index (χ4n) is 0.938. The summed E-state index contributed by atoms with van der Waals surface area (Å²) in [6.07, 6.45) is 5.73. The smallest absolute Gasteiger partial charge is 0.254 e. The van der Waals surface area contributed by atoms with E-state index in [2.05, 4.69) is 21.9 Å². The first-order valence-electron chi connectivity index (χ1n) is 4.88.